The van der Waals surface area contributed by atoms with Crippen LogP contribution in [0, 0.1) is 23.2 Å². The van der Waals surface area contributed by atoms with Gasteiger partial charge in [0.05, 0.1) is 34.3 Å². The van der Waals surface area contributed by atoms with Gasteiger partial charge in [0.1, 0.15) is 0 Å². The molecule has 3 N–H and O–H groups in total. The zero-order valence-corrected chi connectivity index (χ0v) is 13.2. The number of amides is 1. The van der Waals surface area contributed by atoms with Crippen LogP contribution in [0.2, 0.25) is 0 Å². The van der Waals surface area contributed by atoms with Crippen LogP contribution in [0.25, 0.3) is 0 Å². The molecule has 0 saturated heterocycles. The first-order valence-electron chi connectivity index (χ1n) is 5.92. The quantitative estimate of drug-likeness (QED) is 0.809. The molecule has 1 aromatic heterocycles. The minimum atomic E-state index is -0.225. The largest absolute Gasteiger partial charge is 0.321 e. The maximum Gasteiger partial charge on any atom is 0.256 e. The van der Waals surface area contributed by atoms with Gasteiger partial charge < -0.3 is 11.1 Å². The standard InChI is InChI=1S/C15H10BrN3OS/c16-13-6-10(8-18)3-4-14(13)19-15(20)11-7-12(21-9-11)2-1-5-17/h3-4,6-7,9H,5,17H2,(H,19,20). The number of hydrogen-bond acceptors (Lipinski definition) is 4. The highest BCUT2D eigenvalue weighted by atomic mass is 79.9. The van der Waals surface area contributed by atoms with Crippen LogP contribution in [0.3, 0.4) is 0 Å². The molecule has 21 heavy (non-hydrogen) atoms. The summed E-state index contributed by atoms with van der Waals surface area (Å²) in [7, 11) is 0. The van der Waals surface area contributed by atoms with E-state index < -0.39 is 0 Å². The van der Waals surface area contributed by atoms with Crippen LogP contribution in [0.4, 0.5) is 5.69 Å². The van der Waals surface area contributed by atoms with Crippen LogP contribution in [0.1, 0.15) is 20.8 Å². The van der Waals surface area contributed by atoms with Gasteiger partial charge in [-0.3, -0.25) is 4.79 Å². The van der Waals surface area contributed by atoms with Crippen molar-refractivity contribution in [3.63, 3.8) is 0 Å². The van der Waals surface area contributed by atoms with Crippen LogP contribution in [-0.4, -0.2) is 12.5 Å². The number of nitrogens with zero attached hydrogens (tertiary/aromatic N) is 1. The van der Waals surface area contributed by atoms with E-state index in [1.807, 2.05) is 6.07 Å². The fourth-order valence-electron chi connectivity index (χ4n) is 1.54. The number of carbonyl (C=O) groups is 1. The molecule has 4 nitrogen and oxygen atoms in total. The summed E-state index contributed by atoms with van der Waals surface area (Å²) in [5, 5.41) is 13.3. The molecule has 1 heterocycles. The number of nitriles is 1. The van der Waals surface area contributed by atoms with E-state index in [4.69, 9.17) is 11.0 Å². The number of halogens is 1. The number of carbonyl (C=O) groups excluding carboxylic acids is 1. The van der Waals surface area contributed by atoms with Gasteiger partial charge in [0.15, 0.2) is 0 Å². The number of nitrogens with one attached hydrogen (secondary N) is 1. The van der Waals surface area contributed by atoms with E-state index in [0.29, 0.717) is 21.3 Å². The lowest BCUT2D eigenvalue weighted by atomic mass is 10.2. The summed E-state index contributed by atoms with van der Waals surface area (Å²) < 4.78 is 0.660. The maximum absolute atomic E-state index is 12.1. The number of anilines is 1. The minimum Gasteiger partial charge on any atom is -0.321 e. The molecule has 1 amide bonds. The highest BCUT2D eigenvalue weighted by Gasteiger charge is 2.10. The minimum absolute atomic E-state index is 0.225. The number of nitrogens with two attached hydrogens (primary N) is 1. The highest BCUT2D eigenvalue weighted by Crippen LogP contribution is 2.24. The predicted octanol–water partition coefficient (Wildman–Crippen LogP) is 2.94. The molecule has 2 rings (SSSR count). The number of thiophene rings is 1. The zero-order valence-electron chi connectivity index (χ0n) is 10.8. The van der Waals surface area contributed by atoms with Gasteiger partial charge in [-0.05, 0) is 40.2 Å². The average molecular weight is 360 g/mol. The maximum atomic E-state index is 12.1. The van der Waals surface area contributed by atoms with Crippen LogP contribution in [0.15, 0.2) is 34.1 Å². The molecule has 6 heteroatoms. The van der Waals surface area contributed by atoms with Crippen LogP contribution in [0.5, 0.6) is 0 Å². The predicted molar refractivity (Wildman–Crippen MR) is 87.1 cm³/mol. The molecule has 0 spiro atoms. The molecular formula is C15H10BrN3OS. The summed E-state index contributed by atoms with van der Waals surface area (Å²) in [5.74, 6) is 5.41. The molecular weight excluding hydrogens is 350 g/mol. The van der Waals surface area contributed by atoms with Gasteiger partial charge in [0.25, 0.3) is 5.91 Å². The smallest absolute Gasteiger partial charge is 0.256 e. The third kappa shape index (κ3) is 3.93. The molecule has 0 aliphatic heterocycles. The normalized spacial score (nSPS) is 9.38. The van der Waals surface area contributed by atoms with Gasteiger partial charge in [-0.1, -0.05) is 11.8 Å². The van der Waals surface area contributed by atoms with E-state index >= 15 is 0 Å². The lowest BCUT2D eigenvalue weighted by Gasteiger charge is -2.06. The van der Waals surface area contributed by atoms with Gasteiger partial charge in [-0.2, -0.15) is 5.26 Å². The zero-order chi connectivity index (χ0) is 15.2. The molecule has 0 saturated carbocycles. The Bertz CT molecular complexity index is 780. The Labute approximate surface area is 134 Å². The summed E-state index contributed by atoms with van der Waals surface area (Å²) in [5.41, 5.74) is 6.98. The number of benzene rings is 1. The second-order valence-corrected chi connectivity index (χ2v) is 5.73. The van der Waals surface area contributed by atoms with Gasteiger partial charge >= 0.3 is 0 Å². The fraction of sp³-hybridized carbons (Fsp3) is 0.0667. The van der Waals surface area contributed by atoms with Crippen molar-refractivity contribution in [2.75, 3.05) is 11.9 Å². The van der Waals surface area contributed by atoms with Crippen molar-refractivity contribution >= 4 is 38.9 Å². The van der Waals surface area contributed by atoms with Gasteiger partial charge in [0, 0.05) is 9.85 Å². The van der Waals surface area contributed by atoms with Crippen molar-refractivity contribution in [3.8, 4) is 17.9 Å². The molecule has 0 fully saturated rings. The van der Waals surface area contributed by atoms with Gasteiger partial charge in [-0.15, -0.1) is 11.3 Å². The summed E-state index contributed by atoms with van der Waals surface area (Å²) in [6.07, 6.45) is 0. The summed E-state index contributed by atoms with van der Waals surface area (Å²) in [6.45, 7) is 0.289. The molecule has 104 valence electrons. The van der Waals surface area contributed by atoms with E-state index in [1.165, 1.54) is 11.3 Å². The van der Waals surface area contributed by atoms with Crippen molar-refractivity contribution < 1.29 is 4.79 Å². The Balaban J connectivity index is 2.15. The SMILES string of the molecule is N#Cc1ccc(NC(=O)c2csc(C#CCN)c2)c(Br)c1. The Morgan fingerprint density at radius 1 is 1.43 bits per heavy atom. The lowest BCUT2D eigenvalue weighted by Crippen LogP contribution is -2.11. The second-order valence-electron chi connectivity index (χ2n) is 3.97. The van der Waals surface area contributed by atoms with E-state index in [-0.39, 0.29) is 12.5 Å². The van der Waals surface area contributed by atoms with E-state index in [9.17, 15) is 4.79 Å². The van der Waals surface area contributed by atoms with Crippen molar-refractivity contribution in [2.24, 2.45) is 5.73 Å². The molecule has 0 aliphatic rings. The van der Waals surface area contributed by atoms with Crippen LogP contribution < -0.4 is 11.1 Å². The molecule has 0 atom stereocenters. The third-order valence-corrected chi connectivity index (χ3v) is 4.02. The first-order chi connectivity index (χ1) is 10.1. The summed E-state index contributed by atoms with van der Waals surface area (Å²) in [4.78, 5) is 12.9. The molecule has 2 aromatic rings. The number of rotatable bonds is 2. The Morgan fingerprint density at radius 2 is 2.24 bits per heavy atom. The van der Waals surface area contributed by atoms with Gasteiger partial charge in [0.2, 0.25) is 0 Å². The van der Waals surface area contributed by atoms with Crippen molar-refractivity contribution in [2.45, 2.75) is 0 Å². The topological polar surface area (TPSA) is 78.9 Å². The second kappa shape index (κ2) is 7.05. The molecule has 0 bridgehead atoms. The van der Waals surface area contributed by atoms with E-state index in [0.717, 1.165) is 4.88 Å². The van der Waals surface area contributed by atoms with Crippen LogP contribution in [-0.2, 0) is 0 Å². The Kier molecular flexibility index (Phi) is 5.13. The average Bonchev–Trinajstić information content (AvgIpc) is 2.96. The monoisotopic (exact) mass is 359 g/mol. The van der Waals surface area contributed by atoms with Crippen molar-refractivity contribution in [1.29, 1.82) is 5.26 Å². The third-order valence-electron chi connectivity index (χ3n) is 2.52. The molecule has 0 unspecified atom stereocenters. The first-order valence-corrected chi connectivity index (χ1v) is 7.60. The number of hydrogen-bond donors (Lipinski definition) is 2. The Hall–Kier alpha value is -2.12. The molecule has 0 radical (unpaired) electrons. The summed E-state index contributed by atoms with van der Waals surface area (Å²) in [6, 6.07) is 8.74. The van der Waals surface area contributed by atoms with Crippen molar-refractivity contribution in [1.82, 2.24) is 0 Å². The molecule has 0 aliphatic carbocycles. The highest BCUT2D eigenvalue weighted by molar-refractivity contribution is 9.10. The van der Waals surface area contributed by atoms with Crippen molar-refractivity contribution in [3.05, 3.63) is 50.1 Å². The first kappa shape index (κ1) is 15.3. The fourth-order valence-corrected chi connectivity index (χ4v) is 2.77. The van der Waals surface area contributed by atoms with Crippen LogP contribution >= 0.6 is 27.3 Å². The van der Waals surface area contributed by atoms with E-state index in [1.54, 1.807) is 29.6 Å². The summed E-state index contributed by atoms with van der Waals surface area (Å²) >= 11 is 4.72. The van der Waals surface area contributed by atoms with E-state index in [2.05, 4.69) is 33.1 Å². The lowest BCUT2D eigenvalue weighted by molar-refractivity contribution is 0.102. The van der Waals surface area contributed by atoms with Gasteiger partial charge in [-0.25, -0.2) is 0 Å². The Morgan fingerprint density at radius 3 is 2.90 bits per heavy atom. The molecule has 1 aromatic carbocycles.